The first kappa shape index (κ1) is 14.5. The molecule has 0 radical (unpaired) electrons. The molecule has 8 heteroatoms. The van der Waals surface area contributed by atoms with Crippen LogP contribution >= 0.6 is 0 Å². The molecule has 0 rings (SSSR count). The summed E-state index contributed by atoms with van der Waals surface area (Å²) >= 11 is 0. The van der Waals surface area contributed by atoms with E-state index in [1.165, 1.54) is 26.1 Å². The lowest BCUT2D eigenvalue weighted by molar-refractivity contribution is -0.166. The van der Waals surface area contributed by atoms with Crippen molar-refractivity contribution in [3.05, 3.63) is 0 Å². The SMILES string of the molecule is CC(C)(C)OC(=O)N[C@H](C(N)=O)C(F)(F)F. The molecule has 0 unspecified atom stereocenters. The molecule has 0 saturated heterocycles. The molecule has 94 valence electrons. The number of halogens is 3. The number of alkyl carbamates (subject to hydrolysis) is 1. The number of hydrogen-bond acceptors (Lipinski definition) is 3. The zero-order chi connectivity index (χ0) is 13.1. The predicted molar refractivity (Wildman–Crippen MR) is 48.4 cm³/mol. The lowest BCUT2D eigenvalue weighted by Gasteiger charge is -2.23. The van der Waals surface area contributed by atoms with Crippen LogP contribution in [0.3, 0.4) is 0 Å². The summed E-state index contributed by atoms with van der Waals surface area (Å²) in [6.07, 6.45) is -6.29. The average Bonchev–Trinajstić information content (AvgIpc) is 1.93. The summed E-state index contributed by atoms with van der Waals surface area (Å²) in [5.41, 5.74) is 3.55. The monoisotopic (exact) mass is 242 g/mol. The van der Waals surface area contributed by atoms with Crippen molar-refractivity contribution in [1.29, 1.82) is 0 Å². The van der Waals surface area contributed by atoms with Gasteiger partial charge < -0.3 is 15.8 Å². The first-order valence-electron chi connectivity index (χ1n) is 4.29. The van der Waals surface area contributed by atoms with Gasteiger partial charge in [-0.1, -0.05) is 0 Å². The Morgan fingerprint density at radius 3 is 1.94 bits per heavy atom. The van der Waals surface area contributed by atoms with E-state index >= 15 is 0 Å². The van der Waals surface area contributed by atoms with Crippen molar-refractivity contribution in [2.24, 2.45) is 5.73 Å². The second-order valence-corrected chi connectivity index (χ2v) is 4.02. The summed E-state index contributed by atoms with van der Waals surface area (Å²) in [4.78, 5) is 21.5. The van der Waals surface area contributed by atoms with Crippen LogP contribution in [0.1, 0.15) is 20.8 Å². The fourth-order valence-electron chi connectivity index (χ4n) is 0.740. The fourth-order valence-corrected chi connectivity index (χ4v) is 0.740. The molecule has 0 aromatic heterocycles. The van der Waals surface area contributed by atoms with Gasteiger partial charge in [-0.05, 0) is 20.8 Å². The number of primary amides is 1. The van der Waals surface area contributed by atoms with Crippen LogP contribution in [0.4, 0.5) is 18.0 Å². The molecule has 0 aromatic rings. The van der Waals surface area contributed by atoms with Gasteiger partial charge in [0.1, 0.15) is 5.60 Å². The summed E-state index contributed by atoms with van der Waals surface area (Å²) in [6, 6.07) is -2.75. The zero-order valence-electron chi connectivity index (χ0n) is 9.01. The summed E-state index contributed by atoms with van der Waals surface area (Å²) in [7, 11) is 0. The largest absolute Gasteiger partial charge is 0.444 e. The maximum Gasteiger partial charge on any atom is 0.417 e. The topological polar surface area (TPSA) is 81.4 Å². The van der Waals surface area contributed by atoms with E-state index < -0.39 is 29.8 Å². The van der Waals surface area contributed by atoms with Crippen LogP contribution in [0.25, 0.3) is 0 Å². The van der Waals surface area contributed by atoms with Gasteiger partial charge in [0.05, 0.1) is 0 Å². The fraction of sp³-hybridized carbons (Fsp3) is 0.750. The first-order valence-corrected chi connectivity index (χ1v) is 4.29. The quantitative estimate of drug-likeness (QED) is 0.755. The molecule has 1 atom stereocenters. The minimum Gasteiger partial charge on any atom is -0.444 e. The van der Waals surface area contributed by atoms with E-state index in [4.69, 9.17) is 0 Å². The minimum absolute atomic E-state index is 0.960. The number of rotatable bonds is 2. The molecule has 0 aliphatic rings. The van der Waals surface area contributed by atoms with Crippen LogP contribution in [-0.2, 0) is 9.53 Å². The molecule has 0 aliphatic carbocycles. The van der Waals surface area contributed by atoms with Crippen molar-refractivity contribution < 1.29 is 27.5 Å². The van der Waals surface area contributed by atoms with E-state index in [1.54, 1.807) is 0 Å². The molecule has 0 spiro atoms. The van der Waals surface area contributed by atoms with Crippen LogP contribution in [-0.4, -0.2) is 29.8 Å². The third-order valence-corrected chi connectivity index (χ3v) is 1.27. The number of carbonyl (C=O) groups excluding carboxylic acids is 2. The van der Waals surface area contributed by atoms with Crippen molar-refractivity contribution in [2.75, 3.05) is 0 Å². The Hall–Kier alpha value is -1.47. The minimum atomic E-state index is -4.94. The lowest BCUT2D eigenvalue weighted by atomic mass is 10.2. The lowest BCUT2D eigenvalue weighted by Crippen LogP contribution is -2.54. The standard InChI is InChI=1S/C8H13F3N2O3/c1-7(2,3)16-6(15)13-4(5(12)14)8(9,10)11/h4H,1-3H3,(H2,12,14)(H,13,15)/t4-/m1/s1. The third-order valence-electron chi connectivity index (χ3n) is 1.27. The summed E-state index contributed by atoms with van der Waals surface area (Å²) < 4.78 is 41.1. The molecular formula is C8H13F3N2O3. The van der Waals surface area contributed by atoms with Crippen LogP contribution in [0, 0.1) is 0 Å². The normalized spacial score (nSPS) is 14.1. The molecule has 2 amide bonds. The molecule has 0 fully saturated rings. The van der Waals surface area contributed by atoms with Gasteiger partial charge in [-0.2, -0.15) is 13.2 Å². The molecule has 0 saturated carbocycles. The summed E-state index contributed by atoms with van der Waals surface area (Å²) in [5.74, 6) is -1.70. The van der Waals surface area contributed by atoms with Gasteiger partial charge in [-0.15, -0.1) is 0 Å². The zero-order valence-corrected chi connectivity index (χ0v) is 9.01. The summed E-state index contributed by atoms with van der Waals surface area (Å²) in [5, 5.41) is 1.35. The van der Waals surface area contributed by atoms with Gasteiger partial charge >= 0.3 is 12.3 Å². The highest BCUT2D eigenvalue weighted by Crippen LogP contribution is 2.20. The number of nitrogens with one attached hydrogen (secondary N) is 1. The van der Waals surface area contributed by atoms with Gasteiger partial charge in [0.2, 0.25) is 11.9 Å². The highest BCUT2D eigenvalue weighted by molar-refractivity contribution is 5.85. The Kier molecular flexibility index (Phi) is 4.16. The molecular weight excluding hydrogens is 229 g/mol. The molecule has 0 aromatic carbocycles. The Morgan fingerprint density at radius 2 is 1.69 bits per heavy atom. The van der Waals surface area contributed by atoms with E-state index in [0.29, 0.717) is 0 Å². The number of ether oxygens (including phenoxy) is 1. The molecule has 16 heavy (non-hydrogen) atoms. The maximum atomic E-state index is 12.2. The van der Waals surface area contributed by atoms with Crippen molar-refractivity contribution >= 4 is 12.0 Å². The van der Waals surface area contributed by atoms with Crippen LogP contribution < -0.4 is 11.1 Å². The van der Waals surface area contributed by atoms with E-state index in [2.05, 4.69) is 10.5 Å². The molecule has 0 heterocycles. The van der Waals surface area contributed by atoms with E-state index in [0.717, 1.165) is 0 Å². The number of nitrogens with two attached hydrogens (primary N) is 1. The second kappa shape index (κ2) is 4.58. The number of alkyl halides is 3. The highest BCUT2D eigenvalue weighted by atomic mass is 19.4. The summed E-state index contributed by atoms with van der Waals surface area (Å²) in [6.45, 7) is 4.42. The van der Waals surface area contributed by atoms with E-state index in [1.807, 2.05) is 0 Å². The van der Waals surface area contributed by atoms with E-state index in [-0.39, 0.29) is 0 Å². The van der Waals surface area contributed by atoms with Gasteiger partial charge in [0.15, 0.2) is 0 Å². The molecule has 5 nitrogen and oxygen atoms in total. The predicted octanol–water partition coefficient (Wildman–Crippen LogP) is 0.927. The van der Waals surface area contributed by atoms with Crippen LogP contribution in [0.15, 0.2) is 0 Å². The number of amides is 2. The second-order valence-electron chi connectivity index (χ2n) is 4.02. The van der Waals surface area contributed by atoms with Gasteiger partial charge in [-0.3, -0.25) is 4.79 Å². The Morgan fingerprint density at radius 1 is 1.25 bits per heavy atom. The van der Waals surface area contributed by atoms with Gasteiger partial charge in [0.25, 0.3) is 0 Å². The van der Waals surface area contributed by atoms with Crippen molar-refractivity contribution in [3.8, 4) is 0 Å². The first-order chi connectivity index (χ1) is 6.93. The maximum absolute atomic E-state index is 12.2. The van der Waals surface area contributed by atoms with Crippen molar-refractivity contribution in [1.82, 2.24) is 5.32 Å². The van der Waals surface area contributed by atoms with Gasteiger partial charge in [0, 0.05) is 0 Å². The van der Waals surface area contributed by atoms with E-state index in [9.17, 15) is 22.8 Å². The van der Waals surface area contributed by atoms with Crippen LogP contribution in [0.2, 0.25) is 0 Å². The Bertz CT molecular complexity index is 283. The molecule has 3 N–H and O–H groups in total. The van der Waals surface area contributed by atoms with Crippen molar-refractivity contribution in [3.63, 3.8) is 0 Å². The van der Waals surface area contributed by atoms with Crippen molar-refractivity contribution in [2.45, 2.75) is 38.6 Å². The molecule has 0 bridgehead atoms. The molecule has 0 aliphatic heterocycles. The number of carbonyl (C=O) groups is 2. The van der Waals surface area contributed by atoms with Gasteiger partial charge in [-0.25, -0.2) is 4.79 Å². The third kappa shape index (κ3) is 5.42. The highest BCUT2D eigenvalue weighted by Gasteiger charge is 2.45. The average molecular weight is 242 g/mol. The van der Waals surface area contributed by atoms with Crippen LogP contribution in [0.5, 0.6) is 0 Å². The Balaban J connectivity index is 4.56. The smallest absolute Gasteiger partial charge is 0.417 e. The Labute approximate surface area is 90.1 Å². The number of hydrogen-bond donors (Lipinski definition) is 2.